The number of alkyl halides is 2. The summed E-state index contributed by atoms with van der Waals surface area (Å²) < 4.78 is 25.7. The number of hydrogen-bond donors (Lipinski definition) is 1. The fraction of sp³-hybridized carbons (Fsp3) is 0.571. The molecular weight excluding hydrogens is 196 g/mol. The van der Waals surface area contributed by atoms with Gasteiger partial charge in [0.15, 0.2) is 12.0 Å². The van der Waals surface area contributed by atoms with Crippen molar-refractivity contribution in [1.29, 1.82) is 0 Å². The van der Waals surface area contributed by atoms with E-state index in [1.165, 1.54) is 6.92 Å². The van der Waals surface area contributed by atoms with Crippen LogP contribution in [0.25, 0.3) is 0 Å². The largest absolute Gasteiger partial charge is 0.391 e. The fourth-order valence-electron chi connectivity index (χ4n) is 1.03. The van der Waals surface area contributed by atoms with Crippen molar-refractivity contribution >= 4 is 6.29 Å². The molecule has 0 aliphatic carbocycles. The van der Waals surface area contributed by atoms with Gasteiger partial charge in [0.05, 0.1) is 12.6 Å². The molecule has 1 rings (SSSR count). The molecule has 1 N–H and O–H groups in total. The van der Waals surface area contributed by atoms with Gasteiger partial charge < -0.3 is 5.11 Å². The third-order valence-electron chi connectivity index (χ3n) is 1.56. The van der Waals surface area contributed by atoms with Gasteiger partial charge in [0.2, 0.25) is 0 Å². The van der Waals surface area contributed by atoms with Crippen LogP contribution in [0.5, 0.6) is 0 Å². The van der Waals surface area contributed by atoms with Crippen LogP contribution < -0.4 is 0 Å². The number of aldehydes is 1. The van der Waals surface area contributed by atoms with E-state index in [-0.39, 0.29) is 18.5 Å². The SMILES string of the molecule is CC(O)Cn1nnc(C=O)c1C(F)F. The zero-order chi connectivity index (χ0) is 10.7. The molecule has 1 heterocycles. The Morgan fingerprint density at radius 1 is 1.64 bits per heavy atom. The molecule has 0 radical (unpaired) electrons. The number of nitrogens with zero attached hydrogens (tertiary/aromatic N) is 3. The first kappa shape index (κ1) is 10.7. The summed E-state index contributed by atoms with van der Waals surface area (Å²) in [6.45, 7) is 1.32. The van der Waals surface area contributed by atoms with E-state index in [1.54, 1.807) is 0 Å². The Morgan fingerprint density at radius 3 is 2.71 bits per heavy atom. The molecule has 0 spiro atoms. The van der Waals surface area contributed by atoms with Gasteiger partial charge in [0, 0.05) is 0 Å². The second kappa shape index (κ2) is 4.23. The van der Waals surface area contributed by atoms with Crippen molar-refractivity contribution in [2.75, 3.05) is 0 Å². The predicted octanol–water partition coefficient (Wildman–Crippen LogP) is 0.409. The summed E-state index contributed by atoms with van der Waals surface area (Å²) >= 11 is 0. The molecule has 1 aromatic rings. The van der Waals surface area contributed by atoms with Gasteiger partial charge in [0.1, 0.15) is 5.69 Å². The van der Waals surface area contributed by atoms with Crippen molar-refractivity contribution in [2.24, 2.45) is 0 Å². The molecule has 1 aromatic heterocycles. The van der Waals surface area contributed by atoms with Crippen LogP contribution in [0, 0.1) is 0 Å². The summed E-state index contributed by atoms with van der Waals surface area (Å²) in [5.74, 6) is 0. The Balaban J connectivity index is 3.04. The zero-order valence-electron chi connectivity index (χ0n) is 7.39. The molecule has 0 saturated heterocycles. The van der Waals surface area contributed by atoms with E-state index in [1.807, 2.05) is 0 Å². The van der Waals surface area contributed by atoms with Crippen LogP contribution in [-0.2, 0) is 6.54 Å². The Morgan fingerprint density at radius 2 is 2.29 bits per heavy atom. The maximum Gasteiger partial charge on any atom is 0.282 e. The second-order valence-corrected chi connectivity index (χ2v) is 2.81. The van der Waals surface area contributed by atoms with E-state index in [0.717, 1.165) is 4.68 Å². The molecule has 1 atom stereocenters. The number of carbonyl (C=O) groups is 1. The van der Waals surface area contributed by atoms with Crippen molar-refractivity contribution in [2.45, 2.75) is 26.0 Å². The van der Waals surface area contributed by atoms with E-state index in [2.05, 4.69) is 10.3 Å². The van der Waals surface area contributed by atoms with Crippen LogP contribution in [0.1, 0.15) is 29.5 Å². The van der Waals surface area contributed by atoms with Crippen molar-refractivity contribution in [3.63, 3.8) is 0 Å². The lowest BCUT2D eigenvalue weighted by molar-refractivity contribution is 0.108. The molecule has 0 fully saturated rings. The number of hydrogen-bond acceptors (Lipinski definition) is 4. The maximum atomic E-state index is 12.4. The first-order valence-corrected chi connectivity index (χ1v) is 3.91. The van der Waals surface area contributed by atoms with Crippen molar-refractivity contribution in [3.05, 3.63) is 11.4 Å². The van der Waals surface area contributed by atoms with E-state index in [9.17, 15) is 13.6 Å². The lowest BCUT2D eigenvalue weighted by atomic mass is 10.3. The van der Waals surface area contributed by atoms with Crippen LogP contribution in [0.15, 0.2) is 0 Å². The highest BCUT2D eigenvalue weighted by atomic mass is 19.3. The normalized spacial score (nSPS) is 13.2. The van der Waals surface area contributed by atoms with E-state index < -0.39 is 18.2 Å². The minimum atomic E-state index is -2.83. The number of aromatic nitrogens is 3. The first-order chi connectivity index (χ1) is 6.56. The molecule has 5 nitrogen and oxygen atoms in total. The number of aliphatic hydroxyl groups is 1. The average molecular weight is 205 g/mol. The Labute approximate surface area is 78.3 Å². The standard InChI is InChI=1S/C7H9F2N3O2/c1-4(14)2-12-6(7(8)9)5(3-13)10-11-12/h3-4,7,14H,2H2,1H3. The number of halogens is 2. The van der Waals surface area contributed by atoms with E-state index in [0.29, 0.717) is 0 Å². The third-order valence-corrected chi connectivity index (χ3v) is 1.56. The predicted molar refractivity (Wildman–Crippen MR) is 42.0 cm³/mol. The summed E-state index contributed by atoms with van der Waals surface area (Å²) in [4.78, 5) is 10.3. The topological polar surface area (TPSA) is 68.0 Å². The van der Waals surface area contributed by atoms with Crippen molar-refractivity contribution in [3.8, 4) is 0 Å². The molecule has 78 valence electrons. The van der Waals surface area contributed by atoms with Gasteiger partial charge in [-0.25, -0.2) is 13.5 Å². The molecule has 0 amide bonds. The molecule has 0 aliphatic rings. The minimum absolute atomic E-state index is 0.111. The van der Waals surface area contributed by atoms with Crippen LogP contribution in [0.2, 0.25) is 0 Å². The quantitative estimate of drug-likeness (QED) is 0.723. The van der Waals surface area contributed by atoms with Gasteiger partial charge in [-0.1, -0.05) is 5.21 Å². The molecule has 0 aliphatic heterocycles. The highest BCUT2D eigenvalue weighted by molar-refractivity contribution is 5.73. The van der Waals surface area contributed by atoms with Gasteiger partial charge in [-0.3, -0.25) is 4.79 Å². The van der Waals surface area contributed by atoms with Gasteiger partial charge in [-0.2, -0.15) is 0 Å². The maximum absolute atomic E-state index is 12.4. The monoisotopic (exact) mass is 205 g/mol. The fourth-order valence-corrected chi connectivity index (χ4v) is 1.03. The van der Waals surface area contributed by atoms with Gasteiger partial charge in [-0.15, -0.1) is 5.10 Å². The van der Waals surface area contributed by atoms with Crippen LogP contribution >= 0.6 is 0 Å². The van der Waals surface area contributed by atoms with Gasteiger partial charge in [-0.05, 0) is 6.92 Å². The minimum Gasteiger partial charge on any atom is -0.391 e. The first-order valence-electron chi connectivity index (χ1n) is 3.91. The average Bonchev–Trinajstić information content (AvgIpc) is 2.46. The van der Waals surface area contributed by atoms with Crippen molar-refractivity contribution in [1.82, 2.24) is 15.0 Å². The Bertz CT molecular complexity index is 325. The van der Waals surface area contributed by atoms with E-state index >= 15 is 0 Å². The van der Waals surface area contributed by atoms with Gasteiger partial charge in [0.25, 0.3) is 6.43 Å². The summed E-state index contributed by atoms with van der Waals surface area (Å²) in [6.07, 6.45) is -3.44. The second-order valence-electron chi connectivity index (χ2n) is 2.81. The van der Waals surface area contributed by atoms with E-state index in [4.69, 9.17) is 5.11 Å². The molecule has 14 heavy (non-hydrogen) atoms. The number of rotatable bonds is 4. The lowest BCUT2D eigenvalue weighted by Crippen LogP contribution is -2.16. The van der Waals surface area contributed by atoms with Crippen molar-refractivity contribution < 1.29 is 18.7 Å². The molecule has 0 aromatic carbocycles. The smallest absolute Gasteiger partial charge is 0.282 e. The molecule has 1 unspecified atom stereocenters. The number of carbonyl (C=O) groups excluding carboxylic acids is 1. The van der Waals surface area contributed by atoms with Crippen LogP contribution in [0.3, 0.4) is 0 Å². The zero-order valence-corrected chi connectivity index (χ0v) is 7.39. The summed E-state index contributed by atoms with van der Waals surface area (Å²) in [7, 11) is 0. The third kappa shape index (κ3) is 2.11. The highest BCUT2D eigenvalue weighted by Crippen LogP contribution is 2.20. The highest BCUT2D eigenvalue weighted by Gasteiger charge is 2.21. The van der Waals surface area contributed by atoms with Crippen LogP contribution in [0.4, 0.5) is 8.78 Å². The Hall–Kier alpha value is -1.37. The van der Waals surface area contributed by atoms with Crippen LogP contribution in [-0.4, -0.2) is 32.5 Å². The Kier molecular flexibility index (Phi) is 3.23. The summed E-state index contributed by atoms with van der Waals surface area (Å²) in [5, 5.41) is 15.6. The molecule has 7 heteroatoms. The number of aliphatic hydroxyl groups excluding tert-OH is 1. The summed E-state index contributed by atoms with van der Waals surface area (Å²) in [5.41, 5.74) is -0.943. The molecular formula is C7H9F2N3O2. The summed E-state index contributed by atoms with van der Waals surface area (Å²) in [6, 6.07) is 0. The lowest BCUT2D eigenvalue weighted by Gasteiger charge is -2.07. The molecule has 0 bridgehead atoms. The molecule has 0 saturated carbocycles. The van der Waals surface area contributed by atoms with Gasteiger partial charge >= 0.3 is 0 Å².